The fraction of sp³-hybridized carbons (Fsp3) is 0.333. The molecule has 2 aromatic carbocycles. The van der Waals surface area contributed by atoms with Gasteiger partial charge in [0.05, 0.1) is 29.2 Å². The number of benzene rings is 2. The highest BCUT2D eigenvalue weighted by molar-refractivity contribution is 6.38. The van der Waals surface area contributed by atoms with Crippen LogP contribution < -0.4 is 0 Å². The molecule has 0 radical (unpaired) electrons. The maximum Gasteiger partial charge on any atom is 0.416 e. The lowest BCUT2D eigenvalue weighted by Gasteiger charge is -2.37. The molecule has 10 heteroatoms. The largest absolute Gasteiger partial charge is 0.469 e. The second-order valence-electron chi connectivity index (χ2n) is 8.41. The van der Waals surface area contributed by atoms with Crippen LogP contribution in [-0.4, -0.2) is 41.5 Å². The maximum absolute atomic E-state index is 13.3. The number of aryl methyl sites for hydroxylation is 2. The molecule has 0 N–H and O–H groups in total. The second-order valence-corrected chi connectivity index (χ2v) is 9.20. The first-order valence-electron chi connectivity index (χ1n) is 10.4. The molecule has 0 spiro atoms. The molecule has 34 heavy (non-hydrogen) atoms. The van der Waals surface area contributed by atoms with Crippen molar-refractivity contribution in [2.24, 2.45) is 13.0 Å². The molecule has 2 heterocycles. The average Bonchev–Trinajstić information content (AvgIpc) is 3.05. The van der Waals surface area contributed by atoms with Crippen LogP contribution in [0.5, 0.6) is 0 Å². The van der Waals surface area contributed by atoms with Gasteiger partial charge in [0.1, 0.15) is 0 Å². The summed E-state index contributed by atoms with van der Waals surface area (Å²) in [6.07, 6.45) is -4.23. The van der Waals surface area contributed by atoms with E-state index in [0.717, 1.165) is 12.1 Å². The van der Waals surface area contributed by atoms with Crippen molar-refractivity contribution in [3.05, 3.63) is 68.3 Å². The van der Waals surface area contributed by atoms with Crippen molar-refractivity contribution in [1.82, 2.24) is 9.47 Å². The van der Waals surface area contributed by atoms with Crippen LogP contribution in [0, 0.1) is 12.8 Å². The number of hydrogen-bond donors (Lipinski definition) is 0. The highest BCUT2D eigenvalue weighted by Gasteiger charge is 2.37. The molecule has 0 atom stereocenters. The third-order valence-corrected chi connectivity index (χ3v) is 7.06. The molecule has 1 aromatic heterocycles. The number of ether oxygens (including phenoxy) is 1. The van der Waals surface area contributed by atoms with E-state index in [0.29, 0.717) is 32.7 Å². The van der Waals surface area contributed by atoms with Crippen molar-refractivity contribution in [2.75, 3.05) is 20.2 Å². The third kappa shape index (κ3) is 4.25. The molecule has 180 valence electrons. The van der Waals surface area contributed by atoms with Gasteiger partial charge in [-0.3, -0.25) is 9.59 Å². The summed E-state index contributed by atoms with van der Waals surface area (Å²) in [5, 5.41) is 1.21. The van der Waals surface area contributed by atoms with Crippen LogP contribution in [-0.2, 0) is 29.2 Å². The first-order chi connectivity index (χ1) is 15.9. The van der Waals surface area contributed by atoms with E-state index in [1.807, 2.05) is 6.07 Å². The molecule has 1 amide bonds. The van der Waals surface area contributed by atoms with E-state index < -0.39 is 11.7 Å². The van der Waals surface area contributed by atoms with E-state index in [2.05, 4.69) is 0 Å². The van der Waals surface area contributed by atoms with Gasteiger partial charge in [-0.25, -0.2) is 0 Å². The molecule has 1 aliphatic heterocycles. The minimum atomic E-state index is -4.45. The number of likely N-dealkylation sites (tertiary alicyclic amines) is 1. The SMILES string of the molecule is COC(=O)C1CN(C(=O)c2ccc(Cl)c(Cc3cc4c(C)cc(C(F)(F)F)cc4n3C)c2Cl)C1. The Bertz CT molecular complexity index is 1310. The van der Waals surface area contributed by atoms with Crippen molar-refractivity contribution >= 4 is 46.0 Å². The molecule has 1 saturated heterocycles. The number of nitrogens with zero attached hydrogens (tertiary/aromatic N) is 2. The Labute approximate surface area is 204 Å². The predicted molar refractivity (Wildman–Crippen MR) is 123 cm³/mol. The maximum atomic E-state index is 13.3. The molecule has 1 fully saturated rings. The van der Waals surface area contributed by atoms with Crippen molar-refractivity contribution in [3.8, 4) is 0 Å². The van der Waals surface area contributed by atoms with Crippen molar-refractivity contribution in [3.63, 3.8) is 0 Å². The van der Waals surface area contributed by atoms with Gasteiger partial charge in [0.15, 0.2) is 0 Å². The standard InChI is InChI=1S/C24H21Cl2F3N2O3/c1-12-6-14(24(27,28)29)7-20-17(12)8-15(30(20)2)9-18-19(25)5-4-16(21(18)26)22(32)31-10-13(11-31)23(33)34-3/h4-8,13H,9-11H2,1-3H3. The summed E-state index contributed by atoms with van der Waals surface area (Å²) in [4.78, 5) is 26.0. The van der Waals surface area contributed by atoms with Crippen LogP contribution in [0.25, 0.3) is 10.9 Å². The number of amides is 1. The minimum absolute atomic E-state index is 0.178. The summed E-state index contributed by atoms with van der Waals surface area (Å²) in [6, 6.07) is 7.16. The minimum Gasteiger partial charge on any atom is -0.469 e. The van der Waals surface area contributed by atoms with E-state index in [1.54, 1.807) is 24.6 Å². The number of methoxy groups -OCH3 is 1. The number of rotatable bonds is 4. The Morgan fingerprint density at radius 3 is 2.44 bits per heavy atom. The first-order valence-corrected chi connectivity index (χ1v) is 11.2. The highest BCUT2D eigenvalue weighted by Crippen LogP contribution is 2.36. The lowest BCUT2D eigenvalue weighted by atomic mass is 9.98. The third-order valence-electron chi connectivity index (χ3n) is 6.27. The van der Waals surface area contributed by atoms with Crippen molar-refractivity contribution in [1.29, 1.82) is 0 Å². The highest BCUT2D eigenvalue weighted by atomic mass is 35.5. The summed E-state index contributed by atoms with van der Waals surface area (Å²) in [5.74, 6) is -1.06. The van der Waals surface area contributed by atoms with E-state index in [9.17, 15) is 22.8 Å². The Kier molecular flexibility index (Phi) is 6.33. The van der Waals surface area contributed by atoms with E-state index in [-0.39, 0.29) is 47.9 Å². The van der Waals surface area contributed by atoms with Crippen molar-refractivity contribution < 1.29 is 27.5 Å². The number of halogens is 5. The van der Waals surface area contributed by atoms with Gasteiger partial charge >= 0.3 is 12.1 Å². The zero-order chi connectivity index (χ0) is 24.9. The molecule has 0 aliphatic carbocycles. The number of esters is 1. The number of aromatic nitrogens is 1. The van der Waals surface area contributed by atoms with Gasteiger partial charge in [0.2, 0.25) is 0 Å². The lowest BCUT2D eigenvalue weighted by Crippen LogP contribution is -2.53. The zero-order valence-corrected chi connectivity index (χ0v) is 20.1. The second kappa shape index (κ2) is 8.82. The Morgan fingerprint density at radius 2 is 1.82 bits per heavy atom. The van der Waals surface area contributed by atoms with Gasteiger partial charge in [0, 0.05) is 48.2 Å². The molecule has 1 aliphatic rings. The van der Waals surface area contributed by atoms with E-state index in [4.69, 9.17) is 27.9 Å². The summed E-state index contributed by atoms with van der Waals surface area (Å²) in [6.45, 7) is 2.11. The number of carbonyl (C=O) groups is 2. The van der Waals surface area contributed by atoms with Crippen LogP contribution in [0.2, 0.25) is 10.0 Å². The monoisotopic (exact) mass is 512 g/mol. The summed E-state index contributed by atoms with van der Waals surface area (Å²) in [7, 11) is 2.98. The molecule has 5 nitrogen and oxygen atoms in total. The van der Waals surface area contributed by atoms with Crippen LogP contribution in [0.4, 0.5) is 13.2 Å². The number of carbonyl (C=O) groups excluding carboxylic acids is 2. The molecule has 3 aromatic rings. The smallest absolute Gasteiger partial charge is 0.416 e. The zero-order valence-electron chi connectivity index (χ0n) is 18.6. The van der Waals surface area contributed by atoms with Crippen molar-refractivity contribution in [2.45, 2.75) is 19.5 Å². The van der Waals surface area contributed by atoms with Gasteiger partial charge in [0.25, 0.3) is 5.91 Å². The number of alkyl halides is 3. The first kappa shape index (κ1) is 24.4. The van der Waals surface area contributed by atoms with Crippen LogP contribution in [0.1, 0.15) is 32.7 Å². The molecule has 0 bridgehead atoms. The number of fused-ring (bicyclic) bond motifs is 1. The average molecular weight is 513 g/mol. The number of hydrogen-bond acceptors (Lipinski definition) is 3. The normalized spacial score (nSPS) is 14.4. The lowest BCUT2D eigenvalue weighted by molar-refractivity contribution is -0.150. The van der Waals surface area contributed by atoms with Gasteiger partial charge in [-0.1, -0.05) is 23.2 Å². The van der Waals surface area contributed by atoms with E-state index >= 15 is 0 Å². The topological polar surface area (TPSA) is 51.5 Å². The van der Waals surface area contributed by atoms with E-state index in [1.165, 1.54) is 18.1 Å². The quantitative estimate of drug-likeness (QED) is 0.424. The summed E-state index contributed by atoms with van der Waals surface area (Å²) in [5.41, 5.74) is 1.67. The Balaban J connectivity index is 1.66. The van der Waals surface area contributed by atoms with Gasteiger partial charge in [-0.05, 0) is 48.4 Å². The molecule has 0 saturated carbocycles. The van der Waals surface area contributed by atoms with Gasteiger partial charge in [-0.15, -0.1) is 0 Å². The molecule has 0 unspecified atom stereocenters. The Hall–Kier alpha value is -2.71. The fourth-order valence-electron chi connectivity index (χ4n) is 4.23. The fourth-order valence-corrected chi connectivity index (χ4v) is 4.82. The van der Waals surface area contributed by atoms with Gasteiger partial charge < -0.3 is 14.2 Å². The van der Waals surface area contributed by atoms with Gasteiger partial charge in [-0.2, -0.15) is 13.2 Å². The Morgan fingerprint density at radius 1 is 1.15 bits per heavy atom. The van der Waals surface area contributed by atoms with Crippen LogP contribution >= 0.6 is 23.2 Å². The van der Waals surface area contributed by atoms with Crippen LogP contribution in [0.15, 0.2) is 30.3 Å². The molecular weight excluding hydrogens is 492 g/mol. The van der Waals surface area contributed by atoms with Crippen LogP contribution in [0.3, 0.4) is 0 Å². The predicted octanol–water partition coefficient (Wildman–Crippen LogP) is 5.65. The molecule has 4 rings (SSSR count). The summed E-state index contributed by atoms with van der Waals surface area (Å²) >= 11 is 13.0. The molecular formula is C24H21Cl2F3N2O3. The summed E-state index contributed by atoms with van der Waals surface area (Å²) < 4.78 is 46.2.